The zero-order valence-electron chi connectivity index (χ0n) is 11.1. The van der Waals surface area contributed by atoms with Gasteiger partial charge in [-0.05, 0) is 24.1 Å². The summed E-state index contributed by atoms with van der Waals surface area (Å²) in [6.07, 6.45) is 1.87. The van der Waals surface area contributed by atoms with E-state index in [0.29, 0.717) is 12.5 Å². The maximum Gasteiger partial charge on any atom is 0.251 e. The molecular weight excluding hydrogens is 272 g/mol. The molecule has 1 N–H and O–H groups in total. The average Bonchev–Trinajstić information content (AvgIpc) is 2.40. The highest BCUT2D eigenvalue weighted by atomic mass is 35.5. The smallest absolute Gasteiger partial charge is 0.251 e. The van der Waals surface area contributed by atoms with Crippen molar-refractivity contribution in [3.05, 3.63) is 35.4 Å². The molecule has 5 heteroatoms. The van der Waals surface area contributed by atoms with Crippen LogP contribution in [0.1, 0.15) is 37.0 Å². The first kappa shape index (κ1) is 15.9. The lowest BCUT2D eigenvalue weighted by Gasteiger charge is -2.19. The summed E-state index contributed by atoms with van der Waals surface area (Å²) >= 11 is 6.19. The largest absolute Gasteiger partial charge is 0.351 e. The van der Waals surface area contributed by atoms with Gasteiger partial charge < -0.3 is 5.32 Å². The van der Waals surface area contributed by atoms with E-state index in [-0.39, 0.29) is 10.9 Å². The van der Waals surface area contributed by atoms with E-state index in [1.807, 2.05) is 13.8 Å². The van der Waals surface area contributed by atoms with Crippen molar-refractivity contribution in [1.82, 2.24) is 5.32 Å². The normalized spacial score (nSPS) is 12.5. The Bertz CT molecular complexity index is 435. The molecule has 0 bridgehead atoms. The molecule has 1 aromatic rings. The van der Waals surface area contributed by atoms with Gasteiger partial charge in [0.15, 0.2) is 11.6 Å². The van der Waals surface area contributed by atoms with Crippen LogP contribution in [-0.4, -0.2) is 17.8 Å². The van der Waals surface area contributed by atoms with Crippen LogP contribution in [0.2, 0.25) is 0 Å². The molecule has 19 heavy (non-hydrogen) atoms. The van der Waals surface area contributed by atoms with Crippen LogP contribution in [0.25, 0.3) is 0 Å². The number of carbonyl (C=O) groups is 1. The van der Waals surface area contributed by atoms with Crippen LogP contribution in [-0.2, 0) is 0 Å². The first-order valence-electron chi connectivity index (χ1n) is 6.36. The maximum atomic E-state index is 13.0. The van der Waals surface area contributed by atoms with Gasteiger partial charge in [0.1, 0.15) is 0 Å². The number of benzene rings is 1. The number of nitrogens with one attached hydrogen (secondary N) is 1. The fraction of sp³-hybridized carbons (Fsp3) is 0.500. The minimum Gasteiger partial charge on any atom is -0.351 e. The number of carbonyl (C=O) groups excluding carboxylic acids is 1. The molecule has 0 saturated carbocycles. The molecule has 1 amide bonds. The number of rotatable bonds is 6. The van der Waals surface area contributed by atoms with Crippen molar-refractivity contribution in [3.8, 4) is 0 Å². The molecule has 1 unspecified atom stereocenters. The molecule has 0 aromatic heterocycles. The summed E-state index contributed by atoms with van der Waals surface area (Å²) in [5.41, 5.74) is 0.0901. The molecule has 106 valence electrons. The van der Waals surface area contributed by atoms with Gasteiger partial charge in [-0.25, -0.2) is 8.78 Å². The summed E-state index contributed by atoms with van der Waals surface area (Å²) in [6, 6.07) is 3.06. The van der Waals surface area contributed by atoms with Crippen molar-refractivity contribution in [2.24, 2.45) is 5.92 Å². The summed E-state index contributed by atoms with van der Waals surface area (Å²) in [5.74, 6) is -2.12. The van der Waals surface area contributed by atoms with Crippen LogP contribution in [0.4, 0.5) is 8.78 Å². The fourth-order valence-electron chi connectivity index (χ4n) is 1.90. The van der Waals surface area contributed by atoms with E-state index in [2.05, 4.69) is 5.32 Å². The van der Waals surface area contributed by atoms with Gasteiger partial charge in [-0.1, -0.05) is 26.7 Å². The molecule has 0 heterocycles. The third-order valence-electron chi connectivity index (χ3n) is 3.20. The SMILES string of the molecule is CCC(CC)C(Cl)CNC(=O)c1ccc(F)c(F)c1. The van der Waals surface area contributed by atoms with Crippen molar-refractivity contribution in [1.29, 1.82) is 0 Å². The van der Waals surface area contributed by atoms with Crippen molar-refractivity contribution >= 4 is 17.5 Å². The second-order valence-electron chi connectivity index (χ2n) is 4.43. The van der Waals surface area contributed by atoms with E-state index >= 15 is 0 Å². The molecule has 0 saturated heterocycles. The van der Waals surface area contributed by atoms with Crippen molar-refractivity contribution < 1.29 is 13.6 Å². The molecule has 1 atom stereocenters. The van der Waals surface area contributed by atoms with Gasteiger partial charge in [0.2, 0.25) is 0 Å². The summed E-state index contributed by atoms with van der Waals surface area (Å²) in [7, 11) is 0. The Morgan fingerprint density at radius 1 is 1.26 bits per heavy atom. The monoisotopic (exact) mass is 289 g/mol. The third-order valence-corrected chi connectivity index (χ3v) is 3.71. The topological polar surface area (TPSA) is 29.1 Å². The van der Waals surface area contributed by atoms with Crippen molar-refractivity contribution in [3.63, 3.8) is 0 Å². The maximum absolute atomic E-state index is 13.0. The molecule has 1 rings (SSSR count). The van der Waals surface area contributed by atoms with Crippen LogP contribution in [0.3, 0.4) is 0 Å². The van der Waals surface area contributed by atoms with Gasteiger partial charge in [-0.3, -0.25) is 4.79 Å². The minimum atomic E-state index is -1.03. The number of hydrogen-bond acceptors (Lipinski definition) is 1. The Labute approximate surface area is 117 Å². The molecule has 0 fully saturated rings. The van der Waals surface area contributed by atoms with Gasteiger partial charge in [0.05, 0.1) is 5.38 Å². The lowest BCUT2D eigenvalue weighted by atomic mass is 9.99. The highest BCUT2D eigenvalue weighted by Crippen LogP contribution is 2.18. The van der Waals surface area contributed by atoms with Crippen LogP contribution in [0.5, 0.6) is 0 Å². The second kappa shape index (κ2) is 7.43. The molecule has 1 aromatic carbocycles. The lowest BCUT2D eigenvalue weighted by Crippen LogP contribution is -2.33. The predicted octanol–water partition coefficient (Wildman–Crippen LogP) is 3.74. The lowest BCUT2D eigenvalue weighted by molar-refractivity contribution is 0.0951. The van der Waals surface area contributed by atoms with Crippen LogP contribution in [0.15, 0.2) is 18.2 Å². The molecule has 0 aliphatic carbocycles. The predicted molar refractivity (Wildman–Crippen MR) is 72.4 cm³/mol. The van der Waals surface area contributed by atoms with E-state index in [4.69, 9.17) is 11.6 Å². The molecule has 0 spiro atoms. The van der Waals surface area contributed by atoms with Crippen LogP contribution in [0, 0.1) is 17.6 Å². The van der Waals surface area contributed by atoms with E-state index in [1.165, 1.54) is 6.07 Å². The number of hydrogen-bond donors (Lipinski definition) is 1. The van der Waals surface area contributed by atoms with Gasteiger partial charge in [0, 0.05) is 12.1 Å². The Balaban J connectivity index is 2.58. The quantitative estimate of drug-likeness (QED) is 0.794. The van der Waals surface area contributed by atoms with Gasteiger partial charge in [-0.2, -0.15) is 0 Å². The first-order valence-corrected chi connectivity index (χ1v) is 6.80. The van der Waals surface area contributed by atoms with Crippen LogP contribution < -0.4 is 5.32 Å². The Hall–Kier alpha value is -1.16. The molecule has 0 aliphatic heterocycles. The second-order valence-corrected chi connectivity index (χ2v) is 4.99. The number of amides is 1. The van der Waals surface area contributed by atoms with Gasteiger partial charge in [-0.15, -0.1) is 11.6 Å². The van der Waals surface area contributed by atoms with Crippen LogP contribution >= 0.6 is 11.6 Å². The zero-order chi connectivity index (χ0) is 14.4. The minimum absolute atomic E-state index is 0.0901. The Morgan fingerprint density at radius 3 is 2.42 bits per heavy atom. The standard InChI is InChI=1S/C14H18ClF2NO/c1-3-9(4-2)11(15)8-18-14(19)10-5-6-12(16)13(17)7-10/h5-7,9,11H,3-4,8H2,1-2H3,(H,18,19). The number of alkyl halides is 1. The van der Waals surface area contributed by atoms with E-state index in [0.717, 1.165) is 25.0 Å². The highest BCUT2D eigenvalue weighted by molar-refractivity contribution is 6.21. The van der Waals surface area contributed by atoms with E-state index in [9.17, 15) is 13.6 Å². The van der Waals surface area contributed by atoms with Gasteiger partial charge in [0.25, 0.3) is 5.91 Å². The third kappa shape index (κ3) is 4.46. The van der Waals surface area contributed by atoms with E-state index < -0.39 is 17.5 Å². The Kier molecular flexibility index (Phi) is 6.22. The van der Waals surface area contributed by atoms with E-state index in [1.54, 1.807) is 0 Å². The number of halogens is 3. The van der Waals surface area contributed by atoms with Crippen molar-refractivity contribution in [2.75, 3.05) is 6.54 Å². The summed E-state index contributed by atoms with van der Waals surface area (Å²) in [4.78, 5) is 11.8. The Morgan fingerprint density at radius 2 is 1.89 bits per heavy atom. The van der Waals surface area contributed by atoms with Gasteiger partial charge >= 0.3 is 0 Å². The summed E-state index contributed by atoms with van der Waals surface area (Å²) in [5, 5.41) is 2.47. The molecular formula is C14H18ClF2NO. The first-order chi connectivity index (χ1) is 8.99. The zero-order valence-corrected chi connectivity index (χ0v) is 11.8. The fourth-order valence-corrected chi connectivity index (χ4v) is 2.33. The summed E-state index contributed by atoms with van der Waals surface area (Å²) < 4.78 is 25.7. The molecule has 0 aliphatic rings. The summed E-state index contributed by atoms with van der Waals surface area (Å²) in [6.45, 7) is 4.40. The van der Waals surface area contributed by atoms with Crippen molar-refractivity contribution in [2.45, 2.75) is 32.1 Å². The molecule has 2 nitrogen and oxygen atoms in total. The molecule has 0 radical (unpaired) electrons. The average molecular weight is 290 g/mol. The highest BCUT2D eigenvalue weighted by Gasteiger charge is 2.17.